The third kappa shape index (κ3) is 6.79. The predicted octanol–water partition coefficient (Wildman–Crippen LogP) is 5.43. The van der Waals surface area contributed by atoms with Gasteiger partial charge in [0.1, 0.15) is 10.5 Å². The molecule has 0 saturated carbocycles. The van der Waals surface area contributed by atoms with Gasteiger partial charge in [-0.05, 0) is 43.3 Å². The van der Waals surface area contributed by atoms with Gasteiger partial charge in [0, 0.05) is 11.8 Å². The van der Waals surface area contributed by atoms with Crippen LogP contribution >= 0.6 is 10.2 Å². The summed E-state index contributed by atoms with van der Waals surface area (Å²) in [5, 5.41) is 22.8. The molecule has 0 bridgehead atoms. The zero-order valence-electron chi connectivity index (χ0n) is 17.0. The van der Waals surface area contributed by atoms with Crippen molar-refractivity contribution < 1.29 is 55.8 Å². The van der Waals surface area contributed by atoms with Gasteiger partial charge in [0.05, 0.1) is 15.6 Å². The Kier molecular flexibility index (Phi) is 6.26. The molecule has 0 aliphatic rings. The van der Waals surface area contributed by atoms with Crippen LogP contribution in [0.5, 0.6) is 0 Å². The van der Waals surface area contributed by atoms with Crippen LogP contribution in [0.2, 0.25) is 0 Å². The second kappa shape index (κ2) is 7.76. The van der Waals surface area contributed by atoms with Crippen molar-refractivity contribution in [1.82, 2.24) is 0 Å². The molecule has 35 heavy (non-hydrogen) atoms. The molecular formula is C17H14F8N2O6S2. The van der Waals surface area contributed by atoms with Crippen LogP contribution < -0.4 is 5.32 Å². The second-order valence-corrected chi connectivity index (χ2v) is 11.8. The van der Waals surface area contributed by atoms with Gasteiger partial charge in [-0.2, -0.15) is 13.2 Å². The van der Waals surface area contributed by atoms with E-state index < -0.39 is 75.2 Å². The maximum atomic E-state index is 13.1. The summed E-state index contributed by atoms with van der Waals surface area (Å²) < 4.78 is 128. The standard InChI is InChI=1S/C17H14F8N2O6S2/c1-16(29,9-34(32,33)11-3-5-12(6-4-11)35(21,22,23,24)25)15(28)26-10-2-7-14(27(30)31)13(8-10)17(18,19)20/h2-8,29H,9H2,1H3,(H,26,28). The van der Waals surface area contributed by atoms with Gasteiger partial charge in [-0.25, -0.2) is 8.42 Å². The van der Waals surface area contributed by atoms with E-state index in [4.69, 9.17) is 0 Å². The predicted molar refractivity (Wildman–Crippen MR) is 107 cm³/mol. The lowest BCUT2D eigenvalue weighted by Crippen LogP contribution is -2.45. The number of carbonyl (C=O) groups is 1. The van der Waals surface area contributed by atoms with E-state index in [-0.39, 0.29) is 30.3 Å². The Morgan fingerprint density at radius 1 is 1.06 bits per heavy atom. The molecule has 0 aliphatic heterocycles. The first-order chi connectivity index (χ1) is 15.3. The summed E-state index contributed by atoms with van der Waals surface area (Å²) in [6, 6.07) is 1.22. The van der Waals surface area contributed by atoms with E-state index in [0.717, 1.165) is 0 Å². The van der Waals surface area contributed by atoms with E-state index in [1.165, 1.54) is 0 Å². The Balaban J connectivity index is 2.30. The number of rotatable bonds is 7. The van der Waals surface area contributed by atoms with Crippen LogP contribution in [0.15, 0.2) is 52.3 Å². The summed E-state index contributed by atoms with van der Waals surface area (Å²) >= 11 is 0. The van der Waals surface area contributed by atoms with Crippen molar-refractivity contribution in [3.63, 3.8) is 0 Å². The Labute approximate surface area is 191 Å². The van der Waals surface area contributed by atoms with Crippen molar-refractivity contribution in [3.05, 3.63) is 58.1 Å². The maximum Gasteiger partial charge on any atom is 0.423 e. The van der Waals surface area contributed by atoms with Crippen molar-refractivity contribution in [1.29, 1.82) is 0 Å². The molecule has 0 aliphatic carbocycles. The third-order valence-electron chi connectivity index (χ3n) is 4.35. The molecule has 0 saturated heterocycles. The maximum absolute atomic E-state index is 13.1. The van der Waals surface area contributed by atoms with Gasteiger partial charge in [-0.1, -0.05) is 19.4 Å². The SMILES string of the molecule is CC(O)(CS(=O)(=O)c1ccc(S(F)(F)(F)(F)F)cc1)C(=O)Nc1ccc([N+](=O)[O-])c(C(F)(F)F)c1. The minimum Gasteiger partial charge on any atom is -0.379 e. The van der Waals surface area contributed by atoms with E-state index >= 15 is 0 Å². The number of alkyl halides is 3. The molecule has 0 spiro atoms. The van der Waals surface area contributed by atoms with Gasteiger partial charge >= 0.3 is 16.4 Å². The molecule has 2 rings (SSSR count). The summed E-state index contributed by atoms with van der Waals surface area (Å²) in [5.74, 6) is -3.10. The molecule has 0 heterocycles. The van der Waals surface area contributed by atoms with Crippen molar-refractivity contribution in [2.45, 2.75) is 28.5 Å². The fourth-order valence-electron chi connectivity index (χ4n) is 2.69. The number of nitrogens with zero attached hydrogens (tertiary/aromatic N) is 1. The van der Waals surface area contributed by atoms with Crippen LogP contribution in [0.1, 0.15) is 12.5 Å². The zero-order chi connectivity index (χ0) is 27.3. The highest BCUT2D eigenvalue weighted by Crippen LogP contribution is 3.02. The molecule has 2 aromatic carbocycles. The van der Waals surface area contributed by atoms with Crippen LogP contribution in [-0.2, 0) is 20.8 Å². The van der Waals surface area contributed by atoms with Crippen LogP contribution in [0.3, 0.4) is 0 Å². The number of nitro benzene ring substituents is 1. The largest absolute Gasteiger partial charge is 0.423 e. The van der Waals surface area contributed by atoms with E-state index in [1.54, 1.807) is 5.32 Å². The van der Waals surface area contributed by atoms with Crippen LogP contribution in [-0.4, -0.2) is 35.7 Å². The Hall–Kier alpha value is -2.99. The lowest BCUT2D eigenvalue weighted by Gasteiger charge is -2.40. The van der Waals surface area contributed by atoms with Crippen molar-refractivity contribution in [2.24, 2.45) is 0 Å². The van der Waals surface area contributed by atoms with Crippen LogP contribution in [0.4, 0.5) is 44.0 Å². The normalized spacial score (nSPS) is 16.5. The monoisotopic (exact) mass is 558 g/mol. The fourth-order valence-corrected chi connectivity index (χ4v) is 4.93. The average molecular weight is 558 g/mol. The number of amides is 1. The number of hydrogen-bond donors (Lipinski definition) is 2. The molecule has 1 atom stereocenters. The van der Waals surface area contributed by atoms with Crippen LogP contribution in [0.25, 0.3) is 0 Å². The number of carbonyl (C=O) groups excluding carboxylic acids is 1. The molecule has 18 heteroatoms. The molecular weight excluding hydrogens is 544 g/mol. The lowest BCUT2D eigenvalue weighted by atomic mass is 10.1. The highest BCUT2D eigenvalue weighted by Gasteiger charge is 2.65. The van der Waals surface area contributed by atoms with Crippen molar-refractivity contribution >= 4 is 37.3 Å². The molecule has 0 fully saturated rings. The number of hydrogen-bond acceptors (Lipinski definition) is 6. The van der Waals surface area contributed by atoms with Gasteiger partial charge in [-0.3, -0.25) is 14.9 Å². The highest BCUT2D eigenvalue weighted by atomic mass is 32.5. The Morgan fingerprint density at radius 2 is 1.57 bits per heavy atom. The second-order valence-electron chi connectivity index (χ2n) is 7.41. The first-order valence-electron chi connectivity index (χ1n) is 8.80. The van der Waals surface area contributed by atoms with Gasteiger partial charge in [0.15, 0.2) is 15.4 Å². The molecule has 1 unspecified atom stereocenters. The number of halogens is 8. The molecule has 8 nitrogen and oxygen atoms in total. The van der Waals surface area contributed by atoms with E-state index in [2.05, 4.69) is 0 Å². The molecule has 196 valence electrons. The van der Waals surface area contributed by atoms with E-state index in [0.29, 0.717) is 19.1 Å². The smallest absolute Gasteiger partial charge is 0.379 e. The first-order valence-corrected chi connectivity index (χ1v) is 12.4. The van der Waals surface area contributed by atoms with Gasteiger partial charge < -0.3 is 10.4 Å². The summed E-state index contributed by atoms with van der Waals surface area (Å²) in [5.41, 5.74) is -6.69. The highest BCUT2D eigenvalue weighted by molar-refractivity contribution is 8.45. The summed E-state index contributed by atoms with van der Waals surface area (Å²) in [4.78, 5) is 18.4. The molecule has 0 aromatic heterocycles. The summed E-state index contributed by atoms with van der Waals surface area (Å²) in [7, 11) is -14.9. The molecule has 1 amide bonds. The number of anilines is 1. The number of sulfone groups is 1. The van der Waals surface area contributed by atoms with Crippen LogP contribution in [0, 0.1) is 10.1 Å². The average Bonchev–Trinajstić information content (AvgIpc) is 2.64. The zero-order valence-corrected chi connectivity index (χ0v) is 18.7. The quantitative estimate of drug-likeness (QED) is 0.265. The summed E-state index contributed by atoms with van der Waals surface area (Å²) in [6.07, 6.45) is -5.21. The number of nitro groups is 1. The Bertz CT molecular complexity index is 1290. The molecule has 2 aromatic rings. The van der Waals surface area contributed by atoms with Gasteiger partial charge in [-0.15, -0.1) is 0 Å². The topological polar surface area (TPSA) is 127 Å². The number of benzene rings is 2. The third-order valence-corrected chi connectivity index (χ3v) is 7.44. The van der Waals surface area contributed by atoms with Crippen molar-refractivity contribution in [3.8, 4) is 0 Å². The summed E-state index contributed by atoms with van der Waals surface area (Å²) in [6.45, 7) is 0.610. The van der Waals surface area contributed by atoms with Crippen molar-refractivity contribution in [2.75, 3.05) is 11.1 Å². The lowest BCUT2D eigenvalue weighted by molar-refractivity contribution is -0.388. The molecule has 0 radical (unpaired) electrons. The first kappa shape index (κ1) is 28.2. The fraction of sp³-hybridized carbons (Fsp3) is 0.235. The minimum absolute atomic E-state index is 0.166. The van der Waals surface area contributed by atoms with Gasteiger partial charge in [0.2, 0.25) is 0 Å². The number of aliphatic hydroxyl groups is 1. The van der Waals surface area contributed by atoms with E-state index in [9.17, 15) is 61.0 Å². The molecule has 2 N–H and O–H groups in total. The Morgan fingerprint density at radius 3 is 2.00 bits per heavy atom. The number of nitrogens with one attached hydrogen (secondary N) is 1. The van der Waals surface area contributed by atoms with E-state index in [1.807, 2.05) is 0 Å². The van der Waals surface area contributed by atoms with Gasteiger partial charge in [0.25, 0.3) is 11.6 Å². The minimum atomic E-state index is -10.1.